The number of nitrogens with one attached hydrogen (secondary N) is 2. The first-order chi connectivity index (χ1) is 10.0. The van der Waals surface area contributed by atoms with Crippen LogP contribution in [-0.2, 0) is 4.79 Å². The number of halogens is 1. The van der Waals surface area contributed by atoms with E-state index >= 15 is 0 Å². The molecule has 5 nitrogen and oxygen atoms in total. The van der Waals surface area contributed by atoms with E-state index in [2.05, 4.69) is 11.9 Å². The molecule has 2 rings (SSSR count). The van der Waals surface area contributed by atoms with Crippen LogP contribution < -0.4 is 14.8 Å². The van der Waals surface area contributed by atoms with Crippen molar-refractivity contribution in [1.29, 1.82) is 5.41 Å². The van der Waals surface area contributed by atoms with E-state index < -0.39 is 0 Å². The Bertz CT molecular complexity index is 643. The molecule has 1 aliphatic heterocycles. The van der Waals surface area contributed by atoms with Gasteiger partial charge in [0, 0.05) is 0 Å². The Morgan fingerprint density at radius 3 is 2.86 bits per heavy atom. The molecule has 1 fully saturated rings. The monoisotopic (exact) mass is 324 g/mol. The minimum absolute atomic E-state index is 0.107. The summed E-state index contributed by atoms with van der Waals surface area (Å²) in [6, 6.07) is 3.39. The molecule has 1 heterocycles. The number of carbonyl (C=O) groups excluding carboxylic acids is 1. The molecule has 0 radical (unpaired) electrons. The van der Waals surface area contributed by atoms with E-state index in [9.17, 15) is 4.79 Å². The lowest BCUT2D eigenvalue weighted by molar-refractivity contribution is -0.115. The fourth-order valence-electron chi connectivity index (χ4n) is 1.70. The highest BCUT2D eigenvalue weighted by molar-refractivity contribution is 8.18. The van der Waals surface area contributed by atoms with Crippen molar-refractivity contribution in [2.24, 2.45) is 0 Å². The van der Waals surface area contributed by atoms with Crippen LogP contribution in [0.15, 0.2) is 29.7 Å². The number of amides is 1. The Labute approximate surface area is 131 Å². The van der Waals surface area contributed by atoms with Gasteiger partial charge in [0.05, 0.1) is 17.0 Å². The quantitative estimate of drug-likeness (QED) is 0.645. The molecule has 1 saturated heterocycles. The van der Waals surface area contributed by atoms with Gasteiger partial charge in [-0.25, -0.2) is 0 Å². The summed E-state index contributed by atoms with van der Waals surface area (Å²) >= 11 is 7.24. The summed E-state index contributed by atoms with van der Waals surface area (Å²) < 4.78 is 10.7. The third-order valence-electron chi connectivity index (χ3n) is 2.56. The Balaban J connectivity index is 2.36. The second-order valence-corrected chi connectivity index (χ2v) is 5.49. The molecule has 0 unspecified atom stereocenters. The van der Waals surface area contributed by atoms with Crippen molar-refractivity contribution in [2.45, 2.75) is 0 Å². The maximum absolute atomic E-state index is 11.6. The van der Waals surface area contributed by atoms with E-state index in [-0.39, 0.29) is 11.1 Å². The van der Waals surface area contributed by atoms with E-state index in [1.165, 1.54) is 7.11 Å². The fourth-order valence-corrected chi connectivity index (χ4v) is 2.67. The standard InChI is InChI=1S/C14H13ClN2O3S/c1-3-4-20-12-9(15)5-8(6-10(12)19-2)7-11-13(18)17-14(16)21-11/h3,5-7H,1,4H2,2H3,(H2,16,17,18)/b11-7+. The molecule has 1 aromatic carbocycles. The predicted octanol–water partition coefficient (Wildman–Crippen LogP) is 3.05. The fraction of sp³-hybridized carbons (Fsp3) is 0.143. The zero-order valence-electron chi connectivity index (χ0n) is 11.2. The molecule has 0 spiro atoms. The Morgan fingerprint density at radius 2 is 2.29 bits per heavy atom. The van der Waals surface area contributed by atoms with Crippen molar-refractivity contribution in [3.05, 3.63) is 40.3 Å². The summed E-state index contributed by atoms with van der Waals surface area (Å²) in [5.41, 5.74) is 0.690. The van der Waals surface area contributed by atoms with E-state index in [0.29, 0.717) is 33.6 Å². The highest BCUT2D eigenvalue weighted by atomic mass is 35.5. The lowest BCUT2D eigenvalue weighted by Gasteiger charge is -2.12. The van der Waals surface area contributed by atoms with Crippen LogP contribution in [0.25, 0.3) is 6.08 Å². The molecule has 21 heavy (non-hydrogen) atoms. The lowest BCUT2D eigenvalue weighted by Crippen LogP contribution is -2.18. The van der Waals surface area contributed by atoms with Crippen molar-refractivity contribution in [3.8, 4) is 11.5 Å². The zero-order valence-corrected chi connectivity index (χ0v) is 12.8. The van der Waals surface area contributed by atoms with Crippen LogP contribution in [0.4, 0.5) is 0 Å². The Hall–Kier alpha value is -1.92. The van der Waals surface area contributed by atoms with Crippen molar-refractivity contribution in [1.82, 2.24) is 5.32 Å². The summed E-state index contributed by atoms with van der Waals surface area (Å²) in [5, 5.41) is 10.3. The van der Waals surface area contributed by atoms with Crippen LogP contribution in [0.5, 0.6) is 11.5 Å². The summed E-state index contributed by atoms with van der Waals surface area (Å²) in [5.74, 6) is 0.597. The van der Waals surface area contributed by atoms with Crippen LogP contribution in [0, 0.1) is 5.41 Å². The highest BCUT2D eigenvalue weighted by Gasteiger charge is 2.22. The third-order valence-corrected chi connectivity index (χ3v) is 3.67. The summed E-state index contributed by atoms with van der Waals surface area (Å²) in [7, 11) is 1.51. The molecular weight excluding hydrogens is 312 g/mol. The predicted molar refractivity (Wildman–Crippen MR) is 85.1 cm³/mol. The molecule has 7 heteroatoms. The second kappa shape index (κ2) is 6.69. The number of ether oxygens (including phenoxy) is 2. The van der Waals surface area contributed by atoms with Gasteiger partial charge >= 0.3 is 0 Å². The zero-order chi connectivity index (χ0) is 15.4. The average Bonchev–Trinajstić information content (AvgIpc) is 2.75. The van der Waals surface area contributed by atoms with E-state index in [1.807, 2.05) is 0 Å². The molecular formula is C14H13ClN2O3S. The van der Waals surface area contributed by atoms with Crippen LogP contribution in [0.2, 0.25) is 5.02 Å². The number of methoxy groups -OCH3 is 1. The largest absolute Gasteiger partial charge is 0.493 e. The first kappa shape index (κ1) is 15.5. The van der Waals surface area contributed by atoms with Gasteiger partial charge in [0.1, 0.15) is 6.61 Å². The number of thioether (sulfide) groups is 1. The molecule has 110 valence electrons. The molecule has 0 bridgehead atoms. The number of benzene rings is 1. The lowest BCUT2D eigenvalue weighted by atomic mass is 10.2. The van der Waals surface area contributed by atoms with Gasteiger partial charge in [0.25, 0.3) is 5.91 Å². The van der Waals surface area contributed by atoms with Crippen molar-refractivity contribution in [3.63, 3.8) is 0 Å². The first-order valence-electron chi connectivity index (χ1n) is 5.96. The van der Waals surface area contributed by atoms with Gasteiger partial charge in [0.15, 0.2) is 16.7 Å². The normalized spacial score (nSPS) is 16.0. The van der Waals surface area contributed by atoms with E-state index in [1.54, 1.807) is 24.3 Å². The van der Waals surface area contributed by atoms with Gasteiger partial charge in [-0.05, 0) is 35.5 Å². The molecule has 1 aromatic rings. The Kier molecular flexibility index (Phi) is 4.93. The third kappa shape index (κ3) is 3.59. The number of amidine groups is 1. The minimum Gasteiger partial charge on any atom is -0.493 e. The van der Waals surface area contributed by atoms with Crippen LogP contribution >= 0.6 is 23.4 Å². The number of carbonyl (C=O) groups is 1. The number of hydrogen-bond donors (Lipinski definition) is 2. The van der Waals surface area contributed by atoms with Crippen molar-refractivity contribution >= 4 is 40.5 Å². The van der Waals surface area contributed by atoms with Gasteiger partial charge in [-0.1, -0.05) is 24.3 Å². The second-order valence-electron chi connectivity index (χ2n) is 4.03. The topological polar surface area (TPSA) is 71.4 Å². The average molecular weight is 325 g/mol. The maximum atomic E-state index is 11.6. The molecule has 2 N–H and O–H groups in total. The summed E-state index contributed by atoms with van der Waals surface area (Å²) in [6.07, 6.45) is 3.25. The molecule has 1 amide bonds. The SMILES string of the molecule is C=CCOc1c(Cl)cc(/C=C2/SC(=N)NC2=O)cc1OC. The number of hydrogen-bond acceptors (Lipinski definition) is 5. The number of rotatable bonds is 5. The molecule has 0 atom stereocenters. The first-order valence-corrected chi connectivity index (χ1v) is 7.15. The van der Waals surface area contributed by atoms with Crippen LogP contribution in [0.1, 0.15) is 5.56 Å². The van der Waals surface area contributed by atoms with Crippen LogP contribution in [0.3, 0.4) is 0 Å². The smallest absolute Gasteiger partial charge is 0.264 e. The van der Waals surface area contributed by atoms with Gasteiger partial charge in [-0.2, -0.15) is 0 Å². The summed E-state index contributed by atoms with van der Waals surface area (Å²) in [4.78, 5) is 12.0. The van der Waals surface area contributed by atoms with Crippen LogP contribution in [-0.4, -0.2) is 24.8 Å². The minimum atomic E-state index is -0.299. The maximum Gasteiger partial charge on any atom is 0.264 e. The molecule has 0 saturated carbocycles. The van der Waals surface area contributed by atoms with Gasteiger partial charge in [-0.3, -0.25) is 10.2 Å². The summed E-state index contributed by atoms with van der Waals surface area (Å²) in [6.45, 7) is 3.89. The van der Waals surface area contributed by atoms with Crippen molar-refractivity contribution in [2.75, 3.05) is 13.7 Å². The van der Waals surface area contributed by atoms with Gasteiger partial charge in [0.2, 0.25) is 0 Å². The molecule has 0 aliphatic carbocycles. The van der Waals surface area contributed by atoms with E-state index in [0.717, 1.165) is 11.8 Å². The molecule has 1 aliphatic rings. The molecule has 0 aromatic heterocycles. The van der Waals surface area contributed by atoms with E-state index in [4.69, 9.17) is 26.5 Å². The van der Waals surface area contributed by atoms with Gasteiger partial charge in [-0.15, -0.1) is 0 Å². The van der Waals surface area contributed by atoms with Crippen molar-refractivity contribution < 1.29 is 14.3 Å². The van der Waals surface area contributed by atoms with Gasteiger partial charge < -0.3 is 14.8 Å². The highest BCUT2D eigenvalue weighted by Crippen LogP contribution is 2.37. The Morgan fingerprint density at radius 1 is 1.52 bits per heavy atom.